The Labute approximate surface area is 134 Å². The van der Waals surface area contributed by atoms with Crippen LogP contribution in [0.1, 0.15) is 29.6 Å². The Morgan fingerprint density at radius 1 is 1.30 bits per heavy atom. The van der Waals surface area contributed by atoms with Crippen molar-refractivity contribution < 1.29 is 19.1 Å². The average Bonchev–Trinajstić information content (AvgIpc) is 2.99. The van der Waals surface area contributed by atoms with Crippen molar-refractivity contribution in [2.45, 2.75) is 24.9 Å². The predicted molar refractivity (Wildman–Crippen MR) is 83.5 cm³/mol. The van der Waals surface area contributed by atoms with Crippen LogP contribution in [-0.2, 0) is 9.47 Å². The van der Waals surface area contributed by atoms with E-state index in [9.17, 15) is 9.59 Å². The highest BCUT2D eigenvalue weighted by atomic mass is 16.6. The van der Waals surface area contributed by atoms with Gasteiger partial charge in [0, 0.05) is 31.3 Å². The number of amides is 2. The molecule has 2 aliphatic heterocycles. The fraction of sp³-hybridized carbons (Fsp3) is 0.529. The van der Waals surface area contributed by atoms with Crippen molar-refractivity contribution in [2.75, 3.05) is 31.2 Å². The van der Waals surface area contributed by atoms with Gasteiger partial charge in [0.1, 0.15) is 5.60 Å². The first-order valence-corrected chi connectivity index (χ1v) is 8.14. The van der Waals surface area contributed by atoms with Gasteiger partial charge < -0.3 is 14.8 Å². The Morgan fingerprint density at radius 3 is 2.65 bits per heavy atom. The smallest absolute Gasteiger partial charge is 0.338 e. The molecule has 0 bridgehead atoms. The van der Waals surface area contributed by atoms with E-state index in [-0.39, 0.29) is 17.6 Å². The number of carbonyl (C=O) groups excluding carboxylic acids is 2. The molecule has 122 valence electrons. The molecule has 1 unspecified atom stereocenters. The van der Waals surface area contributed by atoms with Gasteiger partial charge in [-0.15, -0.1) is 0 Å². The number of hydrogen-bond acceptors (Lipinski definition) is 4. The molecule has 1 aromatic carbocycles. The number of rotatable bonds is 4. The minimum absolute atomic E-state index is 0.0986. The van der Waals surface area contributed by atoms with Gasteiger partial charge in [0.05, 0.1) is 12.2 Å². The molecule has 6 heteroatoms. The van der Waals surface area contributed by atoms with Gasteiger partial charge in [0.25, 0.3) is 0 Å². The highest BCUT2D eigenvalue weighted by Gasteiger charge is 2.54. The number of nitrogens with zero attached hydrogens (tertiary/aromatic N) is 1. The molecule has 0 spiro atoms. The lowest BCUT2D eigenvalue weighted by atomic mass is 9.99. The Balaban J connectivity index is 1.43. The van der Waals surface area contributed by atoms with Gasteiger partial charge in [0.2, 0.25) is 0 Å². The van der Waals surface area contributed by atoms with E-state index in [4.69, 9.17) is 9.47 Å². The molecule has 3 fully saturated rings. The second-order valence-electron chi connectivity index (χ2n) is 6.45. The minimum Gasteiger partial charge on any atom is -0.455 e. The highest BCUT2D eigenvalue weighted by Crippen LogP contribution is 2.49. The summed E-state index contributed by atoms with van der Waals surface area (Å²) in [7, 11) is 0. The average molecular weight is 316 g/mol. The summed E-state index contributed by atoms with van der Waals surface area (Å²) in [4.78, 5) is 25.7. The van der Waals surface area contributed by atoms with E-state index in [1.54, 1.807) is 29.2 Å². The molecule has 1 aromatic rings. The normalized spacial score (nSPS) is 25.3. The Hall–Kier alpha value is -2.08. The molecule has 6 nitrogen and oxygen atoms in total. The van der Waals surface area contributed by atoms with Gasteiger partial charge in [-0.05, 0) is 43.5 Å². The van der Waals surface area contributed by atoms with E-state index in [2.05, 4.69) is 5.32 Å². The fourth-order valence-corrected chi connectivity index (χ4v) is 3.41. The lowest BCUT2D eigenvalue weighted by Gasteiger charge is -2.22. The number of anilines is 1. The third-order valence-electron chi connectivity index (χ3n) is 4.98. The topological polar surface area (TPSA) is 67.9 Å². The van der Waals surface area contributed by atoms with Crippen molar-refractivity contribution in [1.82, 2.24) is 5.32 Å². The summed E-state index contributed by atoms with van der Waals surface area (Å²) in [6.45, 7) is 2.74. The van der Waals surface area contributed by atoms with Crippen molar-refractivity contribution in [3.8, 4) is 0 Å². The Morgan fingerprint density at radius 2 is 2.09 bits per heavy atom. The van der Waals surface area contributed by atoms with Crippen LogP contribution in [0.5, 0.6) is 0 Å². The first-order chi connectivity index (χ1) is 11.2. The van der Waals surface area contributed by atoms with E-state index < -0.39 is 0 Å². The molecule has 1 atom stereocenters. The molecule has 4 rings (SSSR count). The molecule has 1 N–H and O–H groups in total. The van der Waals surface area contributed by atoms with Gasteiger partial charge in [-0.1, -0.05) is 0 Å². The Bertz CT molecular complexity index is 618. The van der Waals surface area contributed by atoms with Crippen molar-refractivity contribution in [3.05, 3.63) is 29.8 Å². The number of esters is 1. The van der Waals surface area contributed by atoms with Crippen LogP contribution in [-0.4, -0.2) is 43.9 Å². The lowest BCUT2D eigenvalue weighted by Crippen LogP contribution is -2.29. The minimum atomic E-state index is -0.304. The summed E-state index contributed by atoms with van der Waals surface area (Å²) in [5, 5.41) is 2.76. The zero-order valence-corrected chi connectivity index (χ0v) is 12.9. The van der Waals surface area contributed by atoms with Gasteiger partial charge in [-0.2, -0.15) is 0 Å². The van der Waals surface area contributed by atoms with Gasteiger partial charge in [0.15, 0.2) is 0 Å². The monoisotopic (exact) mass is 316 g/mol. The molecule has 1 saturated carbocycles. The molecule has 3 aliphatic rings. The number of hydrogen-bond donors (Lipinski definition) is 1. The van der Waals surface area contributed by atoms with Gasteiger partial charge in [-0.25, -0.2) is 9.59 Å². The third kappa shape index (κ3) is 2.67. The van der Waals surface area contributed by atoms with Crippen LogP contribution in [0, 0.1) is 5.92 Å². The summed E-state index contributed by atoms with van der Waals surface area (Å²) < 4.78 is 11.2. The lowest BCUT2D eigenvalue weighted by molar-refractivity contribution is 0.000837. The molecular formula is C17H20N2O4. The Kier molecular flexibility index (Phi) is 3.49. The maximum absolute atomic E-state index is 12.4. The van der Waals surface area contributed by atoms with E-state index in [1.165, 1.54) is 0 Å². The van der Waals surface area contributed by atoms with Crippen LogP contribution in [0.4, 0.5) is 10.5 Å². The third-order valence-corrected chi connectivity index (χ3v) is 4.98. The van der Waals surface area contributed by atoms with Crippen molar-refractivity contribution in [1.29, 1.82) is 0 Å². The summed E-state index contributed by atoms with van der Waals surface area (Å²) >= 11 is 0. The maximum atomic E-state index is 12.4. The van der Waals surface area contributed by atoms with Crippen molar-refractivity contribution in [3.63, 3.8) is 0 Å². The van der Waals surface area contributed by atoms with Crippen molar-refractivity contribution >= 4 is 17.7 Å². The molecule has 2 heterocycles. The van der Waals surface area contributed by atoms with Crippen LogP contribution >= 0.6 is 0 Å². The summed E-state index contributed by atoms with van der Waals surface area (Å²) in [6.07, 6.45) is 2.83. The zero-order valence-electron chi connectivity index (χ0n) is 12.9. The first-order valence-electron chi connectivity index (χ1n) is 8.14. The molecule has 0 aromatic heterocycles. The van der Waals surface area contributed by atoms with Crippen LogP contribution < -0.4 is 10.2 Å². The zero-order chi connectivity index (χ0) is 15.9. The molecule has 2 saturated heterocycles. The molecule has 1 aliphatic carbocycles. The maximum Gasteiger partial charge on any atom is 0.338 e. The number of carbonyl (C=O) groups is 2. The summed E-state index contributed by atoms with van der Waals surface area (Å²) in [5.74, 6) is 0.0471. The number of ether oxygens (including phenoxy) is 2. The van der Waals surface area contributed by atoms with Gasteiger partial charge in [-0.3, -0.25) is 4.90 Å². The summed E-state index contributed by atoms with van der Waals surface area (Å²) in [6, 6.07) is 6.94. The molecule has 2 amide bonds. The number of nitrogens with one attached hydrogen (secondary N) is 1. The van der Waals surface area contributed by atoms with Crippen LogP contribution in [0.25, 0.3) is 0 Å². The molecular weight excluding hydrogens is 296 g/mol. The van der Waals surface area contributed by atoms with Gasteiger partial charge >= 0.3 is 12.0 Å². The van der Waals surface area contributed by atoms with Crippen molar-refractivity contribution in [2.24, 2.45) is 5.92 Å². The molecule has 23 heavy (non-hydrogen) atoms. The van der Waals surface area contributed by atoms with Crippen LogP contribution in [0.3, 0.4) is 0 Å². The quantitative estimate of drug-likeness (QED) is 0.862. The first kappa shape index (κ1) is 14.5. The number of urea groups is 1. The van der Waals surface area contributed by atoms with E-state index >= 15 is 0 Å². The second-order valence-corrected chi connectivity index (χ2v) is 6.45. The molecule has 0 radical (unpaired) electrons. The standard InChI is InChI=1S/C17H20N2O4/c20-15(23-17(6-7-17)13-5-10-22-11-13)12-1-3-14(4-2-12)19-9-8-18-16(19)21/h1-4,13H,5-11H2,(H,18,21). The highest BCUT2D eigenvalue weighted by molar-refractivity contribution is 5.95. The van der Waals surface area contributed by atoms with Crippen LogP contribution in [0.15, 0.2) is 24.3 Å². The van der Waals surface area contributed by atoms with Crippen LogP contribution in [0.2, 0.25) is 0 Å². The largest absolute Gasteiger partial charge is 0.455 e. The predicted octanol–water partition coefficient (Wildman–Crippen LogP) is 1.94. The number of benzene rings is 1. The second kappa shape index (κ2) is 5.53. The fourth-order valence-electron chi connectivity index (χ4n) is 3.41. The van der Waals surface area contributed by atoms with E-state index in [1.807, 2.05) is 0 Å². The summed E-state index contributed by atoms with van der Waals surface area (Å²) in [5.41, 5.74) is 1.02. The SMILES string of the molecule is O=C(OC1(C2CCOC2)CC1)c1ccc(N2CCNC2=O)cc1. The van der Waals surface area contributed by atoms with E-state index in [0.717, 1.165) is 31.6 Å². The van der Waals surface area contributed by atoms with E-state index in [0.29, 0.717) is 31.2 Å².